The number of nitrogens with one attached hydrogen (secondary N) is 1. The van der Waals surface area contributed by atoms with Crippen molar-refractivity contribution in [1.82, 2.24) is 20.4 Å². The standard InChI is InChI=1S/C20H16Cl2F3N5O3/c21-13-5-10(7-26-4-3-16(31)32)1-2-12(13)17-28-19(33-29-17)15-9-30-8-11(20(23,24)25)6-14(22)18(30)27-15/h1-2,5-6,8,15,26H,3-4,7,9H2,(H,31,32). The number of benzene rings is 1. The van der Waals surface area contributed by atoms with Gasteiger partial charge >= 0.3 is 12.1 Å². The van der Waals surface area contributed by atoms with Crippen molar-refractivity contribution in [3.63, 3.8) is 0 Å². The normalized spacial score (nSPS) is 18.0. The Bertz CT molecular complexity index is 1180. The fourth-order valence-electron chi connectivity index (χ4n) is 3.30. The van der Waals surface area contributed by atoms with Gasteiger partial charge in [-0.15, -0.1) is 0 Å². The number of aliphatic carboxylic acids is 1. The van der Waals surface area contributed by atoms with Crippen molar-refractivity contribution in [2.24, 2.45) is 4.99 Å². The van der Waals surface area contributed by atoms with E-state index in [0.717, 1.165) is 17.8 Å². The highest BCUT2D eigenvalue weighted by Crippen LogP contribution is 2.37. The number of rotatable bonds is 7. The number of nitrogens with zero attached hydrogens (tertiary/aromatic N) is 4. The van der Waals surface area contributed by atoms with Gasteiger partial charge in [0.25, 0.3) is 5.89 Å². The minimum Gasteiger partial charge on any atom is -0.481 e. The summed E-state index contributed by atoms with van der Waals surface area (Å²) in [6, 6.07) is 4.50. The van der Waals surface area contributed by atoms with Gasteiger partial charge in [0.1, 0.15) is 11.9 Å². The summed E-state index contributed by atoms with van der Waals surface area (Å²) in [7, 11) is 0. The molecule has 0 saturated carbocycles. The van der Waals surface area contributed by atoms with Gasteiger partial charge in [0.05, 0.1) is 28.6 Å². The Hall–Kier alpha value is -2.89. The van der Waals surface area contributed by atoms with Crippen molar-refractivity contribution in [2.45, 2.75) is 25.2 Å². The number of carboxylic acids is 1. The van der Waals surface area contributed by atoms with E-state index >= 15 is 0 Å². The summed E-state index contributed by atoms with van der Waals surface area (Å²) in [6.07, 6.45) is -2.75. The van der Waals surface area contributed by atoms with E-state index in [9.17, 15) is 18.0 Å². The van der Waals surface area contributed by atoms with Crippen LogP contribution < -0.4 is 5.32 Å². The lowest BCUT2D eigenvalue weighted by Crippen LogP contribution is -2.28. The van der Waals surface area contributed by atoms with Gasteiger partial charge in [0, 0.05) is 24.9 Å². The highest BCUT2D eigenvalue weighted by molar-refractivity contribution is 6.43. The molecular formula is C20H16Cl2F3N5O3. The Morgan fingerprint density at radius 3 is 2.82 bits per heavy atom. The maximum Gasteiger partial charge on any atom is 0.417 e. The van der Waals surface area contributed by atoms with Gasteiger partial charge in [-0.3, -0.25) is 9.79 Å². The molecule has 0 saturated heterocycles. The van der Waals surface area contributed by atoms with Crippen molar-refractivity contribution < 1.29 is 27.6 Å². The second-order valence-corrected chi connectivity index (χ2v) is 8.10. The van der Waals surface area contributed by atoms with E-state index in [4.69, 9.17) is 32.8 Å². The molecule has 0 spiro atoms. The first kappa shape index (κ1) is 23.3. The molecule has 1 unspecified atom stereocenters. The lowest BCUT2D eigenvalue weighted by atomic mass is 10.1. The van der Waals surface area contributed by atoms with E-state index < -0.39 is 23.8 Å². The minimum absolute atomic E-state index is 0.00849. The van der Waals surface area contributed by atoms with E-state index in [2.05, 4.69) is 20.4 Å². The number of amidine groups is 1. The topological polar surface area (TPSA) is 104 Å². The Balaban J connectivity index is 1.46. The first-order chi connectivity index (χ1) is 15.6. The predicted molar refractivity (Wildman–Crippen MR) is 114 cm³/mol. The summed E-state index contributed by atoms with van der Waals surface area (Å²) in [5.74, 6) is -0.359. The molecule has 1 aromatic carbocycles. The lowest BCUT2D eigenvalue weighted by Gasteiger charge is -2.22. The zero-order chi connectivity index (χ0) is 23.8. The molecule has 8 nitrogen and oxygen atoms in total. The van der Waals surface area contributed by atoms with Crippen LogP contribution in [0.1, 0.15) is 23.9 Å². The summed E-state index contributed by atoms with van der Waals surface area (Å²) in [4.78, 5) is 20.5. The number of hydrogen-bond acceptors (Lipinski definition) is 7. The molecule has 0 radical (unpaired) electrons. The van der Waals surface area contributed by atoms with Crippen molar-refractivity contribution >= 4 is 35.0 Å². The van der Waals surface area contributed by atoms with E-state index in [-0.39, 0.29) is 35.5 Å². The maximum absolute atomic E-state index is 13.0. The largest absolute Gasteiger partial charge is 0.481 e. The minimum atomic E-state index is -4.53. The smallest absolute Gasteiger partial charge is 0.417 e. The monoisotopic (exact) mass is 501 g/mol. The molecule has 13 heteroatoms. The SMILES string of the molecule is O=C(O)CCNCc1ccc(-c2noc(C3CN4C=C(C(F)(F)F)C=C(Cl)C4=N3)n2)c(Cl)c1. The van der Waals surface area contributed by atoms with Crippen molar-refractivity contribution in [2.75, 3.05) is 13.1 Å². The number of allylic oxidation sites excluding steroid dienone is 2. The van der Waals surface area contributed by atoms with Gasteiger partial charge in [-0.1, -0.05) is 34.4 Å². The summed E-state index contributed by atoms with van der Waals surface area (Å²) < 4.78 is 44.4. The van der Waals surface area contributed by atoms with Crippen LogP contribution in [0.3, 0.4) is 0 Å². The van der Waals surface area contributed by atoms with E-state index in [1.54, 1.807) is 18.2 Å². The second-order valence-electron chi connectivity index (χ2n) is 7.29. The molecule has 2 N–H and O–H groups in total. The average Bonchev–Trinajstić information content (AvgIpc) is 3.38. The van der Waals surface area contributed by atoms with Gasteiger partial charge in [-0.05, 0) is 23.8 Å². The van der Waals surface area contributed by atoms with Crippen LogP contribution in [-0.4, -0.2) is 51.2 Å². The number of aliphatic imine (C=N–C) groups is 1. The number of carbonyl (C=O) groups is 1. The summed E-state index contributed by atoms with van der Waals surface area (Å²) in [6.45, 7) is 0.819. The molecule has 4 rings (SSSR count). The Morgan fingerprint density at radius 1 is 1.33 bits per heavy atom. The lowest BCUT2D eigenvalue weighted by molar-refractivity contribution is -0.136. The van der Waals surface area contributed by atoms with Gasteiger partial charge in [0.15, 0.2) is 0 Å². The molecule has 33 heavy (non-hydrogen) atoms. The highest BCUT2D eigenvalue weighted by atomic mass is 35.5. The Morgan fingerprint density at radius 2 is 2.12 bits per heavy atom. The number of halogens is 5. The van der Waals surface area contributed by atoms with Crippen molar-refractivity contribution in [3.8, 4) is 11.4 Å². The van der Waals surface area contributed by atoms with E-state index in [1.165, 1.54) is 4.90 Å². The fourth-order valence-corrected chi connectivity index (χ4v) is 3.86. The molecular weight excluding hydrogens is 486 g/mol. The third-order valence-corrected chi connectivity index (χ3v) is 5.47. The molecule has 1 aromatic heterocycles. The zero-order valence-electron chi connectivity index (χ0n) is 16.7. The van der Waals surface area contributed by atoms with Crippen LogP contribution in [-0.2, 0) is 11.3 Å². The first-order valence-corrected chi connectivity index (χ1v) is 10.4. The summed E-state index contributed by atoms with van der Waals surface area (Å²) in [5, 5.41) is 15.8. The number of fused-ring (bicyclic) bond motifs is 1. The van der Waals surface area contributed by atoms with Crippen LogP contribution in [0.25, 0.3) is 11.4 Å². The van der Waals surface area contributed by atoms with Gasteiger partial charge < -0.3 is 19.8 Å². The number of aromatic nitrogens is 2. The van der Waals surface area contributed by atoms with Crippen LogP contribution >= 0.6 is 23.2 Å². The first-order valence-electron chi connectivity index (χ1n) is 9.68. The maximum atomic E-state index is 13.0. The summed E-state index contributed by atoms with van der Waals surface area (Å²) >= 11 is 12.4. The molecule has 174 valence electrons. The number of hydrogen-bond donors (Lipinski definition) is 2. The van der Waals surface area contributed by atoms with Crippen molar-refractivity contribution in [1.29, 1.82) is 0 Å². The second kappa shape index (κ2) is 9.16. The molecule has 2 aromatic rings. The summed E-state index contributed by atoms with van der Waals surface area (Å²) in [5.41, 5.74) is 0.467. The van der Waals surface area contributed by atoms with Gasteiger partial charge in [0.2, 0.25) is 5.82 Å². The van der Waals surface area contributed by atoms with E-state index in [1.807, 2.05) is 0 Å². The molecule has 0 bridgehead atoms. The quantitative estimate of drug-likeness (QED) is 0.545. The molecule has 0 aliphatic carbocycles. The average molecular weight is 502 g/mol. The molecule has 1 atom stereocenters. The van der Waals surface area contributed by atoms with Crippen molar-refractivity contribution in [3.05, 3.63) is 57.6 Å². The van der Waals surface area contributed by atoms with Crippen LogP contribution in [0.4, 0.5) is 13.2 Å². The van der Waals surface area contributed by atoms with Crippen LogP contribution in [0.2, 0.25) is 5.02 Å². The number of alkyl halides is 3. The highest BCUT2D eigenvalue weighted by Gasteiger charge is 2.39. The molecule has 2 aliphatic rings. The van der Waals surface area contributed by atoms with Crippen LogP contribution in [0.15, 0.2) is 50.6 Å². The third-order valence-electron chi connectivity index (χ3n) is 4.88. The molecule has 0 fully saturated rings. The molecule has 2 aliphatic heterocycles. The molecule has 0 amide bonds. The van der Waals surface area contributed by atoms with Gasteiger partial charge in [-0.2, -0.15) is 18.2 Å². The van der Waals surface area contributed by atoms with Crippen LogP contribution in [0.5, 0.6) is 0 Å². The predicted octanol–water partition coefficient (Wildman–Crippen LogP) is 4.29. The molecule has 3 heterocycles. The van der Waals surface area contributed by atoms with Crippen LogP contribution in [0, 0.1) is 0 Å². The Kier molecular flexibility index (Phi) is 6.46. The van der Waals surface area contributed by atoms with Gasteiger partial charge in [-0.25, -0.2) is 0 Å². The fraction of sp³-hybridized carbons (Fsp3) is 0.300. The number of carboxylic acid groups (broad SMARTS) is 1. The Labute approximate surface area is 195 Å². The zero-order valence-corrected chi connectivity index (χ0v) is 18.2. The van der Waals surface area contributed by atoms with E-state index in [0.29, 0.717) is 23.7 Å². The third kappa shape index (κ3) is 5.21.